The second-order valence-electron chi connectivity index (χ2n) is 6.38. The lowest BCUT2D eigenvalue weighted by Gasteiger charge is -2.26. The number of hydrogen-bond acceptors (Lipinski definition) is 3. The number of benzene rings is 2. The van der Waals surface area contributed by atoms with Crippen molar-refractivity contribution in [3.05, 3.63) is 59.5 Å². The highest BCUT2D eigenvalue weighted by Gasteiger charge is 2.25. The molecule has 1 aliphatic heterocycles. The van der Waals surface area contributed by atoms with Crippen LogP contribution in [0, 0.1) is 5.82 Å². The van der Waals surface area contributed by atoms with Crippen LogP contribution in [0.2, 0.25) is 0 Å². The van der Waals surface area contributed by atoms with Crippen LogP contribution in [-0.2, 0) is 0 Å². The molecule has 1 amide bonds. The van der Waals surface area contributed by atoms with E-state index in [0.717, 1.165) is 0 Å². The number of nitrogens with two attached hydrogens (primary N) is 1. The van der Waals surface area contributed by atoms with E-state index in [1.165, 1.54) is 16.8 Å². The van der Waals surface area contributed by atoms with Crippen molar-refractivity contribution in [3.8, 4) is 5.69 Å². The maximum Gasteiger partial charge on any atom is 0.250 e. The zero-order valence-electron chi connectivity index (χ0n) is 14.9. The molecule has 1 fully saturated rings. The molecular weight excluding hydrogens is 338 g/mol. The number of carbonyl (C=O) groups is 1. The molecule has 1 aliphatic rings. The molecule has 1 saturated heterocycles. The summed E-state index contributed by atoms with van der Waals surface area (Å²) in [7, 11) is 0. The van der Waals surface area contributed by atoms with Gasteiger partial charge < -0.3 is 11.1 Å². The predicted molar refractivity (Wildman–Crippen MR) is 94.7 cm³/mol. The Morgan fingerprint density at radius 2 is 2.19 bits per heavy atom. The Labute approximate surface area is 150 Å². The van der Waals surface area contributed by atoms with E-state index in [-0.39, 0.29) is 30.6 Å². The third kappa shape index (κ3) is 2.94. The van der Waals surface area contributed by atoms with Crippen LogP contribution in [0.15, 0.2) is 42.6 Å². The molecule has 2 atom stereocenters. The topological polar surface area (TPSA) is 72.9 Å². The van der Waals surface area contributed by atoms with Gasteiger partial charge in [-0.05, 0) is 30.2 Å². The zero-order valence-corrected chi connectivity index (χ0v) is 13.9. The van der Waals surface area contributed by atoms with Crippen molar-refractivity contribution in [1.82, 2.24) is 15.1 Å². The Morgan fingerprint density at radius 3 is 2.92 bits per heavy atom. The fourth-order valence-electron chi connectivity index (χ4n) is 3.31. The normalized spacial score (nSPS) is 23.8. The van der Waals surface area contributed by atoms with Crippen molar-refractivity contribution in [2.75, 3.05) is 13.1 Å². The van der Waals surface area contributed by atoms with Crippen LogP contribution in [0.3, 0.4) is 0 Å². The van der Waals surface area contributed by atoms with Crippen LogP contribution in [0.5, 0.6) is 0 Å². The molecule has 26 heavy (non-hydrogen) atoms. The third-order valence-corrected chi connectivity index (χ3v) is 4.57. The number of nitrogens with one attached hydrogen (secondary N) is 1. The quantitative estimate of drug-likeness (QED) is 0.757. The van der Waals surface area contributed by atoms with Crippen LogP contribution in [0.25, 0.3) is 16.6 Å². The molecule has 3 aromatic rings. The van der Waals surface area contributed by atoms with E-state index in [2.05, 4.69) is 10.4 Å². The molecule has 0 saturated carbocycles. The van der Waals surface area contributed by atoms with Gasteiger partial charge in [-0.15, -0.1) is 0 Å². The Morgan fingerprint density at radius 1 is 1.35 bits per heavy atom. The summed E-state index contributed by atoms with van der Waals surface area (Å²) in [6.45, 7) is 0.375. The van der Waals surface area contributed by atoms with Gasteiger partial charge in [-0.2, -0.15) is 5.10 Å². The second-order valence-corrected chi connectivity index (χ2v) is 6.38. The molecule has 7 heteroatoms. The van der Waals surface area contributed by atoms with Gasteiger partial charge in [0.2, 0.25) is 0 Å². The molecule has 0 radical (unpaired) electrons. The summed E-state index contributed by atoms with van der Waals surface area (Å²) in [4.78, 5) is 11.6. The minimum atomic E-state index is -1.35. The van der Waals surface area contributed by atoms with Crippen molar-refractivity contribution in [1.29, 1.82) is 0 Å². The summed E-state index contributed by atoms with van der Waals surface area (Å²) in [6, 6.07) is 9.46. The predicted octanol–water partition coefficient (Wildman–Crippen LogP) is 2.68. The summed E-state index contributed by atoms with van der Waals surface area (Å²) in [5.41, 5.74) is 6.68. The lowest BCUT2D eigenvalue weighted by Crippen LogP contribution is -2.36. The number of nitrogens with zero attached hydrogens (tertiary/aromatic N) is 2. The fraction of sp³-hybridized carbons (Fsp3) is 0.263. The lowest BCUT2D eigenvalue weighted by molar-refractivity contribution is 0.100. The van der Waals surface area contributed by atoms with Gasteiger partial charge in [0, 0.05) is 31.9 Å². The number of aromatic nitrogens is 2. The van der Waals surface area contributed by atoms with E-state index in [0.29, 0.717) is 16.6 Å². The minimum Gasteiger partial charge on any atom is -0.366 e. The summed E-state index contributed by atoms with van der Waals surface area (Å²) in [5.74, 6) is -2.53. The van der Waals surface area contributed by atoms with Crippen molar-refractivity contribution in [2.45, 2.75) is 18.5 Å². The highest BCUT2D eigenvalue weighted by atomic mass is 19.1. The molecule has 4 rings (SSSR count). The summed E-state index contributed by atoms with van der Waals surface area (Å²) in [6.07, 6.45) is 0.440. The first-order valence-electron chi connectivity index (χ1n) is 8.81. The molecule has 134 valence electrons. The fourth-order valence-corrected chi connectivity index (χ4v) is 3.31. The Kier molecular flexibility index (Phi) is 3.86. The molecular formula is C19H18F2N4O. The number of primary amides is 1. The van der Waals surface area contributed by atoms with E-state index < -0.39 is 23.8 Å². The number of amides is 1. The molecule has 1 aromatic heterocycles. The van der Waals surface area contributed by atoms with E-state index in [1.54, 1.807) is 30.5 Å². The Balaban J connectivity index is 1.74. The van der Waals surface area contributed by atoms with Crippen LogP contribution in [0.4, 0.5) is 8.78 Å². The second kappa shape index (κ2) is 6.49. The molecule has 0 aliphatic carbocycles. The summed E-state index contributed by atoms with van der Waals surface area (Å²) in [5, 5.41) is 7.89. The Bertz CT molecular complexity index is 1040. The highest BCUT2D eigenvalue weighted by Crippen LogP contribution is 2.28. The average molecular weight is 357 g/mol. The first kappa shape index (κ1) is 15.5. The molecule has 0 unspecified atom stereocenters. The van der Waals surface area contributed by atoms with Gasteiger partial charge >= 0.3 is 0 Å². The molecule has 2 aromatic carbocycles. The number of hydrogen-bond donors (Lipinski definition) is 2. The van der Waals surface area contributed by atoms with Crippen LogP contribution in [0.1, 0.15) is 29.6 Å². The average Bonchev–Trinajstić information content (AvgIpc) is 3.05. The van der Waals surface area contributed by atoms with Gasteiger partial charge in [-0.1, -0.05) is 18.2 Å². The van der Waals surface area contributed by atoms with Crippen molar-refractivity contribution >= 4 is 16.8 Å². The monoisotopic (exact) mass is 357 g/mol. The number of rotatable bonds is 3. The molecule has 3 N–H and O–H groups in total. The van der Waals surface area contributed by atoms with Gasteiger partial charge in [0.1, 0.15) is 17.5 Å². The van der Waals surface area contributed by atoms with Gasteiger partial charge in [0.15, 0.2) is 0 Å². The number of piperidine rings is 1. The van der Waals surface area contributed by atoms with Gasteiger partial charge in [-0.25, -0.2) is 13.5 Å². The molecule has 5 nitrogen and oxygen atoms in total. The van der Waals surface area contributed by atoms with E-state index in [9.17, 15) is 13.6 Å². The maximum atomic E-state index is 14.8. The zero-order chi connectivity index (χ0) is 19.2. The van der Waals surface area contributed by atoms with E-state index in [4.69, 9.17) is 7.10 Å². The van der Waals surface area contributed by atoms with Gasteiger partial charge in [0.25, 0.3) is 5.91 Å². The van der Waals surface area contributed by atoms with Crippen molar-refractivity contribution < 1.29 is 14.9 Å². The number of halogens is 2. The molecule has 0 bridgehead atoms. The first-order chi connectivity index (χ1) is 12.9. The molecule has 2 heterocycles. The summed E-state index contributed by atoms with van der Waals surface area (Å²) >= 11 is 0. The highest BCUT2D eigenvalue weighted by molar-refractivity contribution is 6.04. The maximum absolute atomic E-state index is 14.8. The SMILES string of the molecule is [2H][C@@]1(c2ccc(-n3cc4cccc(C(N)=O)c4n3)cc2F)CNC[C@@H](F)C1. The first-order valence-corrected chi connectivity index (χ1v) is 8.31. The number of carbonyl (C=O) groups excluding carboxylic acids is 1. The third-order valence-electron chi connectivity index (χ3n) is 4.57. The van der Waals surface area contributed by atoms with Crippen LogP contribution in [-0.4, -0.2) is 34.9 Å². The molecule has 0 spiro atoms. The van der Waals surface area contributed by atoms with Gasteiger partial charge in [-0.3, -0.25) is 4.79 Å². The smallest absolute Gasteiger partial charge is 0.250 e. The van der Waals surface area contributed by atoms with Gasteiger partial charge in [0.05, 0.1) is 11.3 Å². The summed E-state index contributed by atoms with van der Waals surface area (Å²) < 4.78 is 38.4. The van der Waals surface area contributed by atoms with E-state index in [1.807, 2.05) is 0 Å². The Hall–Kier alpha value is -2.80. The number of fused-ring (bicyclic) bond motifs is 1. The standard InChI is InChI=1S/C19H18F2N4O/c20-13-6-12(8-23-9-13)15-5-4-14(7-17(15)21)25-10-11-2-1-3-16(19(22)26)18(11)24-25/h1-5,7,10,12-13,23H,6,8-9H2,(H2,22,26)/t12-,13-/m0/s1/i12D. The largest absolute Gasteiger partial charge is 0.366 e. The number of alkyl halides is 1. The van der Waals surface area contributed by atoms with E-state index >= 15 is 0 Å². The lowest BCUT2D eigenvalue weighted by atomic mass is 9.90. The van der Waals surface area contributed by atoms with Crippen molar-refractivity contribution in [3.63, 3.8) is 0 Å². The minimum absolute atomic E-state index is 0.0517. The van der Waals surface area contributed by atoms with Crippen LogP contribution >= 0.6 is 0 Å². The van der Waals surface area contributed by atoms with Crippen molar-refractivity contribution in [2.24, 2.45) is 5.73 Å². The van der Waals surface area contributed by atoms with Crippen LogP contribution < -0.4 is 11.1 Å².